The summed E-state index contributed by atoms with van der Waals surface area (Å²) in [4.78, 5) is 62.5. The van der Waals surface area contributed by atoms with Gasteiger partial charge in [-0.05, 0) is 73.1 Å². The van der Waals surface area contributed by atoms with Gasteiger partial charge < -0.3 is 33.6 Å². The molecule has 0 spiro atoms. The number of morpholine rings is 1. The maximum Gasteiger partial charge on any atom is 0.418 e. The van der Waals surface area contributed by atoms with E-state index in [0.29, 0.717) is 10.8 Å². The number of amides is 3. The molecule has 3 N–H and O–H groups in total. The van der Waals surface area contributed by atoms with Crippen molar-refractivity contribution in [1.29, 1.82) is 0 Å². The van der Waals surface area contributed by atoms with Crippen LogP contribution in [0.4, 0.5) is 9.93 Å². The van der Waals surface area contributed by atoms with Gasteiger partial charge >= 0.3 is 22.5 Å². The normalized spacial score (nSPS) is 18.4. The molecule has 3 aromatic rings. The predicted octanol–water partition coefficient (Wildman–Crippen LogP) is 3.18. The molecule has 2 fully saturated rings. The van der Waals surface area contributed by atoms with Gasteiger partial charge in [0.15, 0.2) is 10.8 Å². The Labute approximate surface area is 357 Å². The minimum atomic E-state index is -5.07. The van der Waals surface area contributed by atoms with Gasteiger partial charge in [0, 0.05) is 17.1 Å². The fraction of sp³-hybridized carbons (Fsp3) is 0.553. The largest absolute Gasteiger partial charge is 0.489 e. The van der Waals surface area contributed by atoms with Crippen LogP contribution in [-0.2, 0) is 54.7 Å². The van der Waals surface area contributed by atoms with Crippen LogP contribution in [0.15, 0.2) is 47.2 Å². The van der Waals surface area contributed by atoms with E-state index in [9.17, 15) is 27.6 Å². The fourth-order valence-electron chi connectivity index (χ4n) is 5.98. The van der Waals surface area contributed by atoms with Crippen LogP contribution in [0, 0.1) is 0 Å². The summed E-state index contributed by atoms with van der Waals surface area (Å²) in [6.45, 7) is 17.4. The zero-order valence-corrected chi connectivity index (χ0v) is 37.1. The molecule has 2 saturated heterocycles. The Hall–Kier alpha value is -5.20. The minimum Gasteiger partial charge on any atom is -0.489 e. The first kappa shape index (κ1) is 46.9. The Kier molecular flexibility index (Phi) is 14.1. The second-order valence-electron chi connectivity index (χ2n) is 17.2. The van der Waals surface area contributed by atoms with Gasteiger partial charge in [0.2, 0.25) is 0 Å². The summed E-state index contributed by atoms with van der Waals surface area (Å²) in [6, 6.07) is 5.72. The minimum absolute atomic E-state index is 0.00364. The lowest BCUT2D eigenvalue weighted by atomic mass is 9.84. The SMILES string of the molecule is CC(C)(C)OC(=O)Nc1nc(/C(=N/OC(COc2ccc(-c3cnn(CC[N+]4(C)CCOCC4)c3)cc2)C(=O)OC(C)(C)C)C(=O)N[C@@H]2C(=O)N(OS(=O)(=O)O)C2(C)C)cs1. The Morgan fingerprint density at radius 2 is 1.72 bits per heavy atom. The molecule has 1 unspecified atom stereocenters. The van der Waals surface area contributed by atoms with Gasteiger partial charge in [-0.1, -0.05) is 17.3 Å². The number of quaternary nitrogens is 1. The van der Waals surface area contributed by atoms with Crippen molar-refractivity contribution in [3.63, 3.8) is 0 Å². The van der Waals surface area contributed by atoms with E-state index in [2.05, 4.69) is 37.2 Å². The number of benzene rings is 1. The maximum atomic E-state index is 13.8. The number of hydrogen-bond acceptors (Lipinski definition) is 16. The van der Waals surface area contributed by atoms with Crippen molar-refractivity contribution in [2.45, 2.75) is 90.8 Å². The molecule has 3 amide bonds. The van der Waals surface area contributed by atoms with Gasteiger partial charge in [0.25, 0.3) is 17.9 Å². The standard InChI is InChI=1S/C38H52N8O13S2/c1-36(2,3)56-33(49)28(22-55-26-12-10-24(11-13-26)25-20-39-44(21-25)14-15-46(9)16-18-54-19-17-46)58-43-29(27-23-60-34(40-27)42-35(50)57-37(4,5)6)31(47)41-30-32(48)45(38(30,7)8)59-61(51,52)53/h10-13,20-21,23,28,30H,14-19,22H2,1-9H3,(H2-,40,41,42,47,50,51,52,53)/p+1/b43-29-/t28?,30-/m1/s1. The smallest absolute Gasteiger partial charge is 0.418 e. The molecule has 2 aliphatic heterocycles. The average Bonchev–Trinajstić information content (AvgIpc) is 3.82. The highest BCUT2D eigenvalue weighted by Crippen LogP contribution is 2.33. The molecule has 2 atom stereocenters. The first-order valence-corrected chi connectivity index (χ1v) is 21.5. The molecule has 0 saturated carbocycles. The summed E-state index contributed by atoms with van der Waals surface area (Å²) in [5.41, 5.74) is -2.17. The van der Waals surface area contributed by atoms with Crippen molar-refractivity contribution >= 4 is 56.5 Å². The van der Waals surface area contributed by atoms with Gasteiger partial charge in [-0.3, -0.25) is 24.1 Å². The first-order valence-electron chi connectivity index (χ1n) is 19.2. The summed E-state index contributed by atoms with van der Waals surface area (Å²) < 4.78 is 61.3. The van der Waals surface area contributed by atoms with Crippen LogP contribution < -0.4 is 15.4 Å². The number of hydroxylamine groups is 2. The molecule has 61 heavy (non-hydrogen) atoms. The molecule has 2 aromatic heterocycles. The molecule has 334 valence electrons. The number of oxime groups is 1. The van der Waals surface area contributed by atoms with Crippen LogP contribution >= 0.6 is 11.3 Å². The van der Waals surface area contributed by atoms with Crippen LogP contribution in [-0.4, -0.2) is 142 Å². The number of nitrogens with zero attached hydrogens (tertiary/aromatic N) is 6. The van der Waals surface area contributed by atoms with Gasteiger partial charge in [-0.2, -0.15) is 18.6 Å². The summed E-state index contributed by atoms with van der Waals surface area (Å²) in [6.07, 6.45) is 1.39. The number of thiazole rings is 1. The molecule has 0 aliphatic carbocycles. The lowest BCUT2D eigenvalue weighted by Crippen LogP contribution is -2.76. The molecular weight excluding hydrogens is 841 g/mol. The van der Waals surface area contributed by atoms with Crippen LogP contribution in [0.25, 0.3) is 11.1 Å². The van der Waals surface area contributed by atoms with Gasteiger partial charge in [0.05, 0.1) is 45.1 Å². The summed E-state index contributed by atoms with van der Waals surface area (Å²) in [5, 5.41) is 15.2. The lowest BCUT2D eigenvalue weighted by Gasteiger charge is -2.50. The fourth-order valence-corrected chi connectivity index (χ4v) is 7.12. The number of aromatic nitrogens is 3. The van der Waals surface area contributed by atoms with E-state index < -0.39 is 75.5 Å². The predicted molar refractivity (Wildman–Crippen MR) is 219 cm³/mol. The lowest BCUT2D eigenvalue weighted by molar-refractivity contribution is -0.917. The molecule has 5 rings (SSSR count). The zero-order chi connectivity index (χ0) is 45.0. The highest BCUT2D eigenvalue weighted by atomic mass is 32.3. The third-order valence-electron chi connectivity index (χ3n) is 9.27. The number of ether oxygens (including phenoxy) is 4. The number of carbonyl (C=O) groups excluding carboxylic acids is 4. The summed E-state index contributed by atoms with van der Waals surface area (Å²) in [5.74, 6) is -2.57. The van der Waals surface area contributed by atoms with Crippen molar-refractivity contribution < 1.29 is 64.7 Å². The summed E-state index contributed by atoms with van der Waals surface area (Å²) in [7, 11) is -2.85. The molecular formula is C38H53N8O13S2+. The van der Waals surface area contributed by atoms with E-state index in [0.717, 1.165) is 66.3 Å². The Bertz CT molecular complexity index is 2200. The van der Waals surface area contributed by atoms with E-state index in [1.165, 1.54) is 19.2 Å². The number of anilines is 1. The van der Waals surface area contributed by atoms with Crippen molar-refractivity contribution in [2.75, 3.05) is 51.8 Å². The molecule has 0 bridgehead atoms. The third kappa shape index (κ3) is 13.1. The molecule has 0 radical (unpaired) electrons. The van der Waals surface area contributed by atoms with Crippen molar-refractivity contribution in [2.24, 2.45) is 5.16 Å². The van der Waals surface area contributed by atoms with E-state index in [1.807, 2.05) is 23.0 Å². The molecule has 2 aliphatic rings. The van der Waals surface area contributed by atoms with E-state index in [4.69, 9.17) is 28.3 Å². The van der Waals surface area contributed by atoms with Crippen molar-refractivity contribution in [3.8, 4) is 16.9 Å². The van der Waals surface area contributed by atoms with Gasteiger partial charge in [-0.25, -0.2) is 14.6 Å². The van der Waals surface area contributed by atoms with Crippen molar-refractivity contribution in [3.05, 3.63) is 47.7 Å². The number of β-lactam (4-membered cyclic amide) rings is 1. The quantitative estimate of drug-likeness (QED) is 0.0467. The maximum absolute atomic E-state index is 13.8. The monoisotopic (exact) mass is 893 g/mol. The summed E-state index contributed by atoms with van der Waals surface area (Å²) >= 11 is 0.904. The van der Waals surface area contributed by atoms with Gasteiger partial charge in [-0.15, -0.1) is 15.6 Å². The first-order chi connectivity index (χ1) is 28.3. The molecule has 23 heteroatoms. The number of nitrogens with one attached hydrogen (secondary N) is 2. The molecule has 1 aromatic carbocycles. The zero-order valence-electron chi connectivity index (χ0n) is 35.5. The Morgan fingerprint density at radius 1 is 1.07 bits per heavy atom. The number of esters is 1. The Morgan fingerprint density at radius 3 is 2.33 bits per heavy atom. The third-order valence-corrected chi connectivity index (χ3v) is 10.4. The topological polar surface area (TPSA) is 248 Å². The van der Waals surface area contributed by atoms with Crippen LogP contribution in [0.3, 0.4) is 0 Å². The second-order valence-corrected chi connectivity index (χ2v) is 19.0. The highest BCUT2D eigenvalue weighted by Gasteiger charge is 2.58. The van der Waals surface area contributed by atoms with Crippen LogP contribution in [0.5, 0.6) is 5.75 Å². The molecule has 21 nitrogen and oxygen atoms in total. The Balaban J connectivity index is 1.34. The number of carbonyl (C=O) groups is 4. The number of likely N-dealkylation sites (N-methyl/N-ethyl adjacent to an activating group) is 1. The number of hydrogen-bond donors (Lipinski definition) is 3. The van der Waals surface area contributed by atoms with Crippen LogP contribution in [0.1, 0.15) is 61.1 Å². The van der Waals surface area contributed by atoms with E-state index >= 15 is 0 Å². The van der Waals surface area contributed by atoms with Crippen LogP contribution in [0.2, 0.25) is 0 Å². The highest BCUT2D eigenvalue weighted by molar-refractivity contribution is 7.80. The number of rotatable bonds is 16. The van der Waals surface area contributed by atoms with E-state index in [-0.39, 0.29) is 10.8 Å². The van der Waals surface area contributed by atoms with Crippen molar-refractivity contribution in [1.82, 2.24) is 25.1 Å². The average molecular weight is 894 g/mol. The van der Waals surface area contributed by atoms with E-state index in [1.54, 1.807) is 59.9 Å². The molecule has 4 heterocycles. The van der Waals surface area contributed by atoms with Gasteiger partial charge in [0.1, 0.15) is 48.4 Å². The second kappa shape index (κ2) is 18.4.